The van der Waals surface area contributed by atoms with Crippen molar-refractivity contribution in [2.75, 3.05) is 27.2 Å². The average molecular weight is 252 g/mol. The molecule has 2 unspecified atom stereocenters. The largest absolute Gasteiger partial charge is 0.481 e. The molecule has 0 aromatic carbocycles. The zero-order valence-electron chi connectivity index (χ0n) is 10.8. The van der Waals surface area contributed by atoms with E-state index in [1.807, 2.05) is 19.2 Å². The summed E-state index contributed by atoms with van der Waals surface area (Å²) in [7, 11) is 3.58. The van der Waals surface area contributed by atoms with E-state index in [1.54, 1.807) is 11.9 Å². The number of nitrogens with zero attached hydrogens (tertiary/aromatic N) is 1. The Kier molecular flexibility index (Phi) is 3.71. The van der Waals surface area contributed by atoms with Gasteiger partial charge in [0.15, 0.2) is 0 Å². The number of carbonyl (C=O) groups excluding carboxylic acids is 1. The Labute approximate surface area is 107 Å². The molecule has 2 bridgehead atoms. The molecule has 0 heterocycles. The summed E-state index contributed by atoms with van der Waals surface area (Å²) in [5, 5.41) is 12.3. The third-order valence-electron chi connectivity index (χ3n) is 4.10. The Balaban J connectivity index is 2.09. The lowest BCUT2D eigenvalue weighted by atomic mass is 9.82. The summed E-state index contributed by atoms with van der Waals surface area (Å²) in [6.45, 7) is 1.33. The molecule has 18 heavy (non-hydrogen) atoms. The number of fused-ring (bicyclic) bond motifs is 2. The predicted octanol–water partition coefficient (Wildman–Crippen LogP) is 0.187. The smallest absolute Gasteiger partial charge is 0.307 e. The van der Waals surface area contributed by atoms with Gasteiger partial charge in [0.05, 0.1) is 11.8 Å². The molecule has 0 radical (unpaired) electrons. The van der Waals surface area contributed by atoms with Crippen LogP contribution in [-0.4, -0.2) is 49.1 Å². The number of hydrogen-bond acceptors (Lipinski definition) is 3. The van der Waals surface area contributed by atoms with E-state index in [9.17, 15) is 14.7 Å². The Bertz CT molecular complexity index is 380. The van der Waals surface area contributed by atoms with Gasteiger partial charge in [-0.1, -0.05) is 12.2 Å². The average Bonchev–Trinajstić information content (AvgIpc) is 2.94. The summed E-state index contributed by atoms with van der Waals surface area (Å²) in [6, 6.07) is 0. The minimum absolute atomic E-state index is 0.0329. The molecule has 2 rings (SSSR count). The van der Waals surface area contributed by atoms with E-state index < -0.39 is 11.9 Å². The fraction of sp³-hybridized carbons (Fsp3) is 0.692. The highest BCUT2D eigenvalue weighted by Crippen LogP contribution is 2.48. The molecule has 0 spiro atoms. The van der Waals surface area contributed by atoms with Crippen LogP contribution in [0.2, 0.25) is 0 Å². The third-order valence-corrected chi connectivity index (χ3v) is 4.10. The number of nitrogens with one attached hydrogen (secondary N) is 1. The van der Waals surface area contributed by atoms with Gasteiger partial charge >= 0.3 is 5.97 Å². The second-order valence-corrected chi connectivity index (χ2v) is 5.20. The summed E-state index contributed by atoms with van der Waals surface area (Å²) in [5.74, 6) is -1.63. The van der Waals surface area contributed by atoms with Crippen molar-refractivity contribution in [1.82, 2.24) is 10.2 Å². The van der Waals surface area contributed by atoms with Crippen LogP contribution in [0, 0.1) is 23.7 Å². The molecule has 0 aromatic heterocycles. The first-order valence-corrected chi connectivity index (χ1v) is 6.37. The van der Waals surface area contributed by atoms with Crippen molar-refractivity contribution < 1.29 is 14.7 Å². The van der Waals surface area contributed by atoms with Crippen LogP contribution in [0.25, 0.3) is 0 Å². The number of carboxylic acids is 1. The summed E-state index contributed by atoms with van der Waals surface area (Å²) in [6.07, 6.45) is 4.78. The molecule has 1 saturated carbocycles. The van der Waals surface area contributed by atoms with E-state index in [2.05, 4.69) is 5.32 Å². The summed E-state index contributed by atoms with van der Waals surface area (Å²) in [5.41, 5.74) is 0. The fourth-order valence-electron chi connectivity index (χ4n) is 3.14. The summed E-state index contributed by atoms with van der Waals surface area (Å²) < 4.78 is 0. The van der Waals surface area contributed by atoms with E-state index in [0.717, 1.165) is 13.0 Å². The fourth-order valence-corrected chi connectivity index (χ4v) is 3.14. The van der Waals surface area contributed by atoms with Gasteiger partial charge in [-0.05, 0) is 25.3 Å². The zero-order valence-corrected chi connectivity index (χ0v) is 10.8. The van der Waals surface area contributed by atoms with Crippen LogP contribution in [0.3, 0.4) is 0 Å². The van der Waals surface area contributed by atoms with Crippen molar-refractivity contribution in [2.45, 2.75) is 6.42 Å². The first-order chi connectivity index (χ1) is 8.56. The number of carbonyl (C=O) groups is 2. The summed E-state index contributed by atoms with van der Waals surface area (Å²) >= 11 is 0. The minimum atomic E-state index is -0.841. The molecule has 5 nitrogen and oxygen atoms in total. The number of allylic oxidation sites excluding steroid dienone is 2. The predicted molar refractivity (Wildman–Crippen MR) is 66.9 cm³/mol. The van der Waals surface area contributed by atoms with Crippen LogP contribution >= 0.6 is 0 Å². The van der Waals surface area contributed by atoms with Crippen LogP contribution in [0.4, 0.5) is 0 Å². The minimum Gasteiger partial charge on any atom is -0.481 e. The number of aliphatic carboxylic acids is 1. The Morgan fingerprint density at radius 2 is 1.94 bits per heavy atom. The van der Waals surface area contributed by atoms with E-state index in [-0.39, 0.29) is 23.7 Å². The van der Waals surface area contributed by atoms with Crippen molar-refractivity contribution in [3.63, 3.8) is 0 Å². The monoisotopic (exact) mass is 252 g/mol. The van der Waals surface area contributed by atoms with Gasteiger partial charge in [0.2, 0.25) is 5.91 Å². The lowest BCUT2D eigenvalue weighted by molar-refractivity contribution is -0.150. The van der Waals surface area contributed by atoms with Gasteiger partial charge in [0, 0.05) is 20.1 Å². The van der Waals surface area contributed by atoms with Crippen LogP contribution < -0.4 is 5.32 Å². The highest BCUT2D eigenvalue weighted by molar-refractivity contribution is 5.86. The molecule has 100 valence electrons. The van der Waals surface area contributed by atoms with E-state index in [0.29, 0.717) is 6.54 Å². The van der Waals surface area contributed by atoms with Crippen molar-refractivity contribution >= 4 is 11.9 Å². The van der Waals surface area contributed by atoms with Crippen LogP contribution in [-0.2, 0) is 9.59 Å². The Hall–Kier alpha value is -1.36. The van der Waals surface area contributed by atoms with Crippen LogP contribution in [0.1, 0.15) is 6.42 Å². The van der Waals surface area contributed by atoms with Crippen molar-refractivity contribution in [2.24, 2.45) is 23.7 Å². The number of likely N-dealkylation sites (N-methyl/N-ethyl adjacent to an activating group) is 2. The van der Waals surface area contributed by atoms with Crippen molar-refractivity contribution in [3.8, 4) is 0 Å². The number of carboxylic acid groups (broad SMARTS) is 1. The SMILES string of the molecule is CNCCN(C)C(=O)[C@H]1C2C=CC(C2)[C@H]1C(=O)O. The molecular weight excluding hydrogens is 232 g/mol. The van der Waals surface area contributed by atoms with E-state index in [1.165, 1.54) is 0 Å². The molecule has 2 N–H and O–H groups in total. The lowest BCUT2D eigenvalue weighted by Crippen LogP contribution is -2.43. The normalized spacial score (nSPS) is 32.8. The van der Waals surface area contributed by atoms with Crippen LogP contribution in [0.15, 0.2) is 12.2 Å². The molecule has 1 amide bonds. The van der Waals surface area contributed by atoms with Gasteiger partial charge < -0.3 is 15.3 Å². The first-order valence-electron chi connectivity index (χ1n) is 6.37. The number of rotatable bonds is 5. The summed E-state index contributed by atoms with van der Waals surface area (Å²) in [4.78, 5) is 25.3. The van der Waals surface area contributed by atoms with Crippen LogP contribution in [0.5, 0.6) is 0 Å². The highest BCUT2D eigenvalue weighted by atomic mass is 16.4. The first kappa shape index (κ1) is 13.1. The highest BCUT2D eigenvalue weighted by Gasteiger charge is 2.52. The molecule has 0 saturated heterocycles. The zero-order chi connectivity index (χ0) is 13.3. The molecular formula is C13H20N2O3. The third kappa shape index (κ3) is 2.14. The maximum absolute atomic E-state index is 12.4. The Morgan fingerprint density at radius 1 is 1.33 bits per heavy atom. The van der Waals surface area contributed by atoms with Gasteiger partial charge in [-0.2, -0.15) is 0 Å². The Morgan fingerprint density at radius 3 is 2.50 bits per heavy atom. The molecule has 5 heteroatoms. The second kappa shape index (κ2) is 5.10. The quantitative estimate of drug-likeness (QED) is 0.685. The topological polar surface area (TPSA) is 69.6 Å². The second-order valence-electron chi connectivity index (χ2n) is 5.20. The molecule has 4 atom stereocenters. The molecule has 2 aliphatic carbocycles. The van der Waals surface area contributed by atoms with Gasteiger partial charge in [-0.25, -0.2) is 0 Å². The maximum atomic E-state index is 12.4. The standard InChI is InChI=1S/C13H20N2O3/c1-14-5-6-15(2)12(16)10-8-3-4-9(7-8)11(10)13(17)18/h3-4,8-11,14H,5-7H2,1-2H3,(H,17,18)/t8?,9?,10-,11+/m0/s1. The van der Waals surface area contributed by atoms with E-state index >= 15 is 0 Å². The van der Waals surface area contributed by atoms with Gasteiger partial charge in [0.25, 0.3) is 0 Å². The molecule has 0 aromatic rings. The van der Waals surface area contributed by atoms with Crippen molar-refractivity contribution in [3.05, 3.63) is 12.2 Å². The van der Waals surface area contributed by atoms with E-state index in [4.69, 9.17) is 0 Å². The van der Waals surface area contributed by atoms with Crippen molar-refractivity contribution in [1.29, 1.82) is 0 Å². The van der Waals surface area contributed by atoms with Gasteiger partial charge in [-0.3, -0.25) is 9.59 Å². The maximum Gasteiger partial charge on any atom is 0.307 e. The van der Waals surface area contributed by atoms with Gasteiger partial charge in [0.1, 0.15) is 0 Å². The molecule has 2 aliphatic rings. The molecule has 1 fully saturated rings. The number of amides is 1. The molecule has 0 aliphatic heterocycles. The lowest BCUT2D eigenvalue weighted by Gasteiger charge is -2.28. The van der Waals surface area contributed by atoms with Gasteiger partial charge in [-0.15, -0.1) is 0 Å². The number of hydrogen-bond donors (Lipinski definition) is 2.